The summed E-state index contributed by atoms with van der Waals surface area (Å²) in [5.41, 5.74) is 2.80. The van der Waals surface area contributed by atoms with Crippen LogP contribution in [0.4, 0.5) is 0 Å². The average Bonchev–Trinajstić information content (AvgIpc) is 2.33. The van der Waals surface area contributed by atoms with E-state index in [9.17, 15) is 0 Å². The highest BCUT2D eigenvalue weighted by molar-refractivity contribution is 4.68. The third kappa shape index (κ3) is 7.77. The Kier molecular flexibility index (Phi) is 10.3. The van der Waals surface area contributed by atoms with Gasteiger partial charge in [-0.15, -0.1) is 0 Å². The van der Waals surface area contributed by atoms with Crippen LogP contribution in [0.1, 0.15) is 52.9 Å². The van der Waals surface area contributed by atoms with E-state index >= 15 is 0 Å². The second kappa shape index (κ2) is 10.4. The van der Waals surface area contributed by atoms with E-state index in [2.05, 4.69) is 31.1 Å². The molecule has 0 aromatic rings. The van der Waals surface area contributed by atoms with Crippen molar-refractivity contribution in [3.8, 4) is 0 Å². The molecular formula is C12H29N3. The molecule has 0 aromatic carbocycles. The van der Waals surface area contributed by atoms with Gasteiger partial charge in [0, 0.05) is 6.04 Å². The van der Waals surface area contributed by atoms with Gasteiger partial charge in [0.1, 0.15) is 0 Å². The van der Waals surface area contributed by atoms with Gasteiger partial charge < -0.3 is 4.90 Å². The SMILES string of the molecule is CCN(CC)CC.NNC1CCCCC1. The predicted molar refractivity (Wildman–Crippen MR) is 67.7 cm³/mol. The van der Waals surface area contributed by atoms with Gasteiger partial charge in [0.15, 0.2) is 0 Å². The van der Waals surface area contributed by atoms with Crippen molar-refractivity contribution in [1.82, 2.24) is 10.3 Å². The van der Waals surface area contributed by atoms with E-state index in [1.54, 1.807) is 0 Å². The fourth-order valence-corrected chi connectivity index (χ4v) is 1.94. The van der Waals surface area contributed by atoms with Gasteiger partial charge in [-0.25, -0.2) is 0 Å². The van der Waals surface area contributed by atoms with E-state index in [1.807, 2.05) is 0 Å². The topological polar surface area (TPSA) is 41.3 Å². The molecule has 92 valence electrons. The summed E-state index contributed by atoms with van der Waals surface area (Å²) >= 11 is 0. The highest BCUT2D eigenvalue weighted by atomic mass is 15.2. The summed E-state index contributed by atoms with van der Waals surface area (Å²) < 4.78 is 0. The van der Waals surface area contributed by atoms with Crippen molar-refractivity contribution in [3.63, 3.8) is 0 Å². The fourth-order valence-electron chi connectivity index (χ4n) is 1.94. The number of rotatable bonds is 4. The predicted octanol–water partition coefficient (Wildman–Crippen LogP) is 2.13. The number of hydrogen-bond acceptors (Lipinski definition) is 3. The number of nitrogens with zero attached hydrogens (tertiary/aromatic N) is 1. The molecule has 0 aromatic heterocycles. The van der Waals surface area contributed by atoms with Crippen molar-refractivity contribution in [2.45, 2.75) is 58.9 Å². The Bertz CT molecular complexity index is 113. The fraction of sp³-hybridized carbons (Fsp3) is 1.00. The zero-order valence-electron chi connectivity index (χ0n) is 10.8. The molecule has 1 aliphatic carbocycles. The molecule has 0 radical (unpaired) electrons. The van der Waals surface area contributed by atoms with E-state index in [-0.39, 0.29) is 0 Å². The van der Waals surface area contributed by atoms with Gasteiger partial charge in [0.05, 0.1) is 0 Å². The molecule has 1 rings (SSSR count). The first kappa shape index (κ1) is 14.9. The average molecular weight is 215 g/mol. The van der Waals surface area contributed by atoms with Crippen LogP contribution in [0.2, 0.25) is 0 Å². The molecule has 1 aliphatic rings. The summed E-state index contributed by atoms with van der Waals surface area (Å²) in [6.45, 7) is 10.1. The summed E-state index contributed by atoms with van der Waals surface area (Å²) in [6.07, 6.45) is 6.66. The van der Waals surface area contributed by atoms with E-state index in [0.29, 0.717) is 6.04 Å². The van der Waals surface area contributed by atoms with Crippen LogP contribution in [0, 0.1) is 0 Å². The van der Waals surface area contributed by atoms with E-state index in [1.165, 1.54) is 51.7 Å². The number of nitrogens with two attached hydrogens (primary N) is 1. The Morgan fingerprint density at radius 2 is 1.47 bits per heavy atom. The third-order valence-electron chi connectivity index (χ3n) is 3.18. The van der Waals surface area contributed by atoms with Crippen molar-refractivity contribution in [2.24, 2.45) is 5.84 Å². The van der Waals surface area contributed by atoms with Crippen LogP contribution in [0.5, 0.6) is 0 Å². The minimum atomic E-state index is 0.615. The van der Waals surface area contributed by atoms with Crippen LogP contribution in [0.25, 0.3) is 0 Å². The highest BCUT2D eigenvalue weighted by Gasteiger charge is 2.09. The van der Waals surface area contributed by atoms with Crippen molar-refractivity contribution >= 4 is 0 Å². The highest BCUT2D eigenvalue weighted by Crippen LogP contribution is 2.16. The maximum atomic E-state index is 5.25. The molecule has 0 bridgehead atoms. The summed E-state index contributed by atoms with van der Waals surface area (Å²) in [6, 6.07) is 0.615. The number of nitrogens with one attached hydrogen (secondary N) is 1. The van der Waals surface area contributed by atoms with Crippen LogP contribution in [0.3, 0.4) is 0 Å². The van der Waals surface area contributed by atoms with Crippen LogP contribution in [-0.4, -0.2) is 30.6 Å². The van der Waals surface area contributed by atoms with E-state index in [0.717, 1.165) is 0 Å². The molecule has 15 heavy (non-hydrogen) atoms. The zero-order chi connectivity index (χ0) is 11.5. The minimum absolute atomic E-state index is 0.615. The Hall–Kier alpha value is -0.120. The molecule has 3 heteroatoms. The molecular weight excluding hydrogens is 186 g/mol. The first-order valence-corrected chi connectivity index (χ1v) is 6.46. The largest absolute Gasteiger partial charge is 0.304 e. The summed E-state index contributed by atoms with van der Waals surface area (Å²) in [5, 5.41) is 0. The van der Waals surface area contributed by atoms with Gasteiger partial charge in [-0.05, 0) is 32.5 Å². The van der Waals surface area contributed by atoms with Gasteiger partial charge in [0.25, 0.3) is 0 Å². The maximum Gasteiger partial charge on any atom is 0.0210 e. The normalized spacial score (nSPS) is 17.4. The lowest BCUT2D eigenvalue weighted by atomic mass is 9.96. The molecule has 3 nitrogen and oxygen atoms in total. The molecule has 0 aliphatic heterocycles. The number of hydrogen-bond donors (Lipinski definition) is 2. The lowest BCUT2D eigenvalue weighted by molar-refractivity contribution is 0.321. The molecule has 0 heterocycles. The molecule has 0 saturated heterocycles. The second-order valence-electron chi connectivity index (χ2n) is 4.12. The quantitative estimate of drug-likeness (QED) is 0.557. The molecule has 3 N–H and O–H groups in total. The number of hydrazine groups is 1. The summed E-state index contributed by atoms with van der Waals surface area (Å²) in [7, 11) is 0. The van der Waals surface area contributed by atoms with Gasteiger partial charge in [-0.3, -0.25) is 11.3 Å². The standard InChI is InChI=1S/C6H14N2.C6H15N/c7-8-6-4-2-1-3-5-6;1-4-7(5-2)6-3/h6,8H,1-5,7H2;4-6H2,1-3H3. The van der Waals surface area contributed by atoms with Gasteiger partial charge >= 0.3 is 0 Å². The first-order valence-electron chi connectivity index (χ1n) is 6.46. The minimum Gasteiger partial charge on any atom is -0.304 e. The van der Waals surface area contributed by atoms with Crippen molar-refractivity contribution in [3.05, 3.63) is 0 Å². The summed E-state index contributed by atoms with van der Waals surface area (Å²) in [4.78, 5) is 2.38. The molecule has 0 spiro atoms. The van der Waals surface area contributed by atoms with Crippen molar-refractivity contribution in [1.29, 1.82) is 0 Å². The monoisotopic (exact) mass is 215 g/mol. The lowest BCUT2D eigenvalue weighted by Crippen LogP contribution is -2.36. The van der Waals surface area contributed by atoms with Crippen LogP contribution >= 0.6 is 0 Å². The van der Waals surface area contributed by atoms with Crippen LogP contribution < -0.4 is 11.3 Å². The third-order valence-corrected chi connectivity index (χ3v) is 3.18. The van der Waals surface area contributed by atoms with Gasteiger partial charge in [-0.1, -0.05) is 40.0 Å². The van der Waals surface area contributed by atoms with Crippen LogP contribution in [0.15, 0.2) is 0 Å². The molecule has 1 saturated carbocycles. The maximum absolute atomic E-state index is 5.25. The Balaban J connectivity index is 0.000000265. The molecule has 1 fully saturated rings. The van der Waals surface area contributed by atoms with Crippen LogP contribution in [-0.2, 0) is 0 Å². The van der Waals surface area contributed by atoms with Gasteiger partial charge in [-0.2, -0.15) is 0 Å². The van der Waals surface area contributed by atoms with Crippen molar-refractivity contribution < 1.29 is 0 Å². The first-order chi connectivity index (χ1) is 7.28. The van der Waals surface area contributed by atoms with E-state index in [4.69, 9.17) is 5.84 Å². The smallest absolute Gasteiger partial charge is 0.0210 e. The van der Waals surface area contributed by atoms with E-state index < -0.39 is 0 Å². The molecule has 0 atom stereocenters. The molecule has 0 unspecified atom stereocenters. The summed E-state index contributed by atoms with van der Waals surface area (Å²) in [5.74, 6) is 5.25. The Labute approximate surface area is 95.4 Å². The Morgan fingerprint density at radius 1 is 1.00 bits per heavy atom. The lowest BCUT2D eigenvalue weighted by Gasteiger charge is -2.19. The van der Waals surface area contributed by atoms with Gasteiger partial charge in [0.2, 0.25) is 0 Å². The zero-order valence-corrected chi connectivity index (χ0v) is 10.8. The Morgan fingerprint density at radius 3 is 1.67 bits per heavy atom. The molecule has 0 amide bonds. The van der Waals surface area contributed by atoms with Crippen molar-refractivity contribution in [2.75, 3.05) is 19.6 Å². The second-order valence-corrected chi connectivity index (χ2v) is 4.12.